The Balaban J connectivity index is -0.000000438. The number of carbonyl (C=O) groups is 5. The molecule has 0 fully saturated rings. The number of halogens is 3. The van der Waals surface area contributed by atoms with Gasteiger partial charge in [0.25, 0.3) is 0 Å². The second kappa shape index (κ2) is 38.7. The maximum absolute atomic E-state index is 12.2. The van der Waals surface area contributed by atoms with E-state index in [9.17, 15) is 48.1 Å². The third kappa shape index (κ3) is 39.7. The van der Waals surface area contributed by atoms with Crippen molar-refractivity contribution >= 4 is 60.5 Å². The number of carbonyl (C=O) groups excluding carboxylic acids is 2. The van der Waals surface area contributed by atoms with Crippen LogP contribution in [0.25, 0.3) is 0 Å². The lowest BCUT2D eigenvalue weighted by Crippen LogP contribution is -2.35. The number of terminal acetylenes is 3. The van der Waals surface area contributed by atoms with Gasteiger partial charge in [-0.1, -0.05) is 72.7 Å². The second-order valence-electron chi connectivity index (χ2n) is 17.6. The average Bonchev–Trinajstić information content (AvgIpc) is 3.93. The monoisotopic (exact) mass is 1100 g/mol. The molecule has 0 aliphatic carbocycles. The maximum Gasteiger partial charge on any atom is 0.331 e. The molecule has 2 aromatic heterocycles. The molecule has 0 aliphatic heterocycles. The van der Waals surface area contributed by atoms with E-state index in [1.807, 2.05) is 0 Å². The Bertz CT molecular complexity index is 2290. The third-order valence-corrected chi connectivity index (χ3v) is 7.42. The number of aliphatic carboxylic acids is 3. The lowest BCUT2D eigenvalue weighted by Gasteiger charge is -2.30. The molecule has 30 heteroatoms. The highest BCUT2D eigenvalue weighted by Gasteiger charge is 2.22. The number of rotatable bonds is 19. The Labute approximate surface area is 445 Å². The van der Waals surface area contributed by atoms with Crippen LogP contribution >= 0.6 is 12.4 Å². The number of ether oxygens (including phenoxy) is 5. The van der Waals surface area contributed by atoms with E-state index in [4.69, 9.17) is 60.3 Å². The van der Waals surface area contributed by atoms with Gasteiger partial charge in [0.05, 0.1) is 38.7 Å². The number of methoxy groups -OCH3 is 2. The van der Waals surface area contributed by atoms with Gasteiger partial charge >= 0.3 is 29.8 Å². The molecule has 0 aromatic carbocycles. The van der Waals surface area contributed by atoms with Crippen LogP contribution in [0.1, 0.15) is 93.0 Å². The molecule has 0 aliphatic rings. The fraction of sp³-hybridized carbons (Fsp3) is 0.609. The summed E-state index contributed by atoms with van der Waals surface area (Å²) in [4.78, 5) is 64.3. The highest BCUT2D eigenvalue weighted by atomic mass is 35.5. The van der Waals surface area contributed by atoms with Crippen LogP contribution in [0.15, 0.2) is 27.4 Å². The lowest BCUT2D eigenvalue weighted by atomic mass is 10.2. The molecule has 2 heterocycles. The van der Waals surface area contributed by atoms with Gasteiger partial charge < -0.3 is 65.8 Å². The van der Waals surface area contributed by atoms with E-state index in [-0.39, 0.29) is 57.6 Å². The van der Waals surface area contributed by atoms with Gasteiger partial charge in [0.1, 0.15) is 43.7 Å². The predicted octanol–water partition coefficient (Wildman–Crippen LogP) is -1.01. The van der Waals surface area contributed by atoms with E-state index in [2.05, 4.69) is 62.8 Å². The zero-order valence-electron chi connectivity index (χ0n) is 44.1. The second-order valence-corrected chi connectivity index (χ2v) is 17.6. The number of aromatic nitrogens is 6. The number of hydrogen-bond donors (Lipinski definition) is 5. The fourth-order valence-electron chi connectivity index (χ4n) is 4.27. The molecule has 5 unspecified atom stereocenters. The Kier molecular flexibility index (Phi) is 38.1. The zero-order chi connectivity index (χ0) is 58.7. The van der Waals surface area contributed by atoms with Gasteiger partial charge in [-0.15, -0.1) is 59.6 Å². The molecule has 2 rings (SSSR count). The summed E-state index contributed by atoms with van der Waals surface area (Å²) in [6, 6.07) is -5.21. The highest BCUT2D eigenvalue weighted by molar-refractivity contribution is 5.85. The molecular weight excluding hydrogens is 1040 g/mol. The van der Waals surface area contributed by atoms with E-state index in [1.165, 1.54) is 36.0 Å². The third-order valence-electron chi connectivity index (χ3n) is 7.42. The number of aliphatic imine (C=N–C) groups is 3. The standard InChI is InChI=1S/C13H21FN4O4.C11H17NO4.C10H15NO4.C7H11FN4O2.C5H7NO2.ClH/c1-13(2,3)22-12(20)15-10(11(19)21-4)7-9-8-18(6-5-14)17-16-9;1-6-7-8(9(13)15-5)12-10(14)16-11(2,3)4;1-5-6-7(8(12)13)11-9(14)15-10(2,3)4;8-1-2-12-4-5(10-11-12)3-6(9)7(13)14;1-2-3-4(6)5(7)8;/h8,10H,5-7H2,1-4H3,(H,15,20);1,8H,7H2,2-5H3,(H,12,14);1,7H,6H2,2-4H3,(H,11,14)(H,12,13);4,6H,1-3,9H2,(H,13,14);1,4H,3,6H2,(H,7,8);1H/p-3. The normalized spacial score (nSPS) is 13.3. The lowest BCUT2D eigenvalue weighted by molar-refractivity contribution is -0.262. The molecular formula is C46H69ClF2N11O16-3. The molecule has 76 heavy (non-hydrogen) atoms. The first-order chi connectivity index (χ1) is 34.6. The van der Waals surface area contributed by atoms with Crippen molar-refractivity contribution in [3.63, 3.8) is 0 Å². The van der Waals surface area contributed by atoms with Crippen molar-refractivity contribution in [3.8, 4) is 37.0 Å². The number of nitrogens with two attached hydrogens (primary N) is 2. The molecule has 0 saturated carbocycles. The minimum atomic E-state index is -1.24. The number of carboxylic acids is 3. The van der Waals surface area contributed by atoms with Crippen LogP contribution in [0.4, 0.5) is 8.78 Å². The van der Waals surface area contributed by atoms with Gasteiger partial charge in [0.15, 0.2) is 18.1 Å². The number of aryl methyl sites for hydroxylation is 2. The summed E-state index contributed by atoms with van der Waals surface area (Å²) in [6.45, 7) is 14.3. The molecule has 0 saturated heterocycles. The molecule has 0 bridgehead atoms. The van der Waals surface area contributed by atoms with Crippen LogP contribution < -0.4 is 26.8 Å². The van der Waals surface area contributed by atoms with Crippen LogP contribution in [0, 0.1) is 37.0 Å². The molecule has 0 radical (unpaired) electrons. The quantitative estimate of drug-likeness (QED) is 0.0487. The molecule has 5 atom stereocenters. The van der Waals surface area contributed by atoms with Crippen LogP contribution in [0.3, 0.4) is 0 Å². The topological polar surface area (TPSA) is 412 Å². The summed E-state index contributed by atoms with van der Waals surface area (Å²) in [5, 5.41) is 74.1. The minimum absolute atomic E-state index is 0. The van der Waals surface area contributed by atoms with Crippen molar-refractivity contribution < 1.29 is 87.1 Å². The van der Waals surface area contributed by atoms with Gasteiger partial charge in [-0.2, -0.15) is 0 Å². The van der Waals surface area contributed by atoms with Gasteiger partial charge in [0.2, 0.25) is 0 Å². The van der Waals surface area contributed by atoms with Gasteiger partial charge in [0, 0.05) is 61.3 Å². The van der Waals surface area contributed by atoms with Crippen LogP contribution in [0.2, 0.25) is 0 Å². The minimum Gasteiger partial charge on any atom is -0.595 e. The Hall–Kier alpha value is -7.81. The molecule has 0 amide bonds. The smallest absolute Gasteiger partial charge is 0.331 e. The largest absolute Gasteiger partial charge is 0.595 e. The van der Waals surface area contributed by atoms with Crippen molar-refractivity contribution in [2.45, 2.75) is 155 Å². The van der Waals surface area contributed by atoms with E-state index in [1.54, 1.807) is 62.3 Å². The summed E-state index contributed by atoms with van der Waals surface area (Å²) < 4.78 is 50.6. The predicted molar refractivity (Wildman–Crippen MR) is 266 cm³/mol. The summed E-state index contributed by atoms with van der Waals surface area (Å²) in [6.07, 6.45) is 15.2. The van der Waals surface area contributed by atoms with E-state index < -0.39 is 108 Å². The first-order valence-electron chi connectivity index (χ1n) is 22.0. The van der Waals surface area contributed by atoms with Crippen molar-refractivity contribution in [1.82, 2.24) is 30.0 Å². The van der Waals surface area contributed by atoms with Crippen LogP contribution in [0.5, 0.6) is 0 Å². The first kappa shape index (κ1) is 74.7. The summed E-state index contributed by atoms with van der Waals surface area (Å²) in [7, 11) is 2.40. The molecule has 428 valence electrons. The fourth-order valence-corrected chi connectivity index (χ4v) is 4.27. The van der Waals surface area contributed by atoms with Crippen molar-refractivity contribution in [2.24, 2.45) is 26.4 Å². The van der Waals surface area contributed by atoms with Gasteiger partial charge in [-0.3, -0.25) is 24.6 Å². The summed E-state index contributed by atoms with van der Waals surface area (Å²) in [5.41, 5.74) is 9.05. The molecule has 0 spiro atoms. The average molecular weight is 1110 g/mol. The Morgan fingerprint density at radius 3 is 1.24 bits per heavy atom. The SMILES string of the molecule is C#CCC(N)C(=O)O.C#CCC(N=C([O-])OC(C)(C)C)C(=O)O.C#CCC(N=C([O-])OC(C)(C)C)C(=O)OC.COC(=O)C(Cc1cn(CCF)nn1)N=C([O-])OC(C)(C)C.Cl.NC(Cc1cn(CCF)nn1)C(=O)O. The molecule has 2 aromatic rings. The maximum atomic E-state index is 12.2. The molecule has 7 N–H and O–H groups in total. The van der Waals surface area contributed by atoms with Gasteiger partial charge in [-0.05, 0) is 0 Å². The van der Waals surface area contributed by atoms with Crippen molar-refractivity contribution in [2.75, 3.05) is 27.6 Å². The zero-order valence-corrected chi connectivity index (χ0v) is 44.9. The number of alkyl halides is 2. The first-order valence-corrected chi connectivity index (χ1v) is 22.0. The number of esters is 2. The number of carboxylic acid groups (broad SMARTS) is 3. The number of nitrogens with zero attached hydrogens (tertiary/aromatic N) is 9. The Morgan fingerprint density at radius 1 is 0.605 bits per heavy atom. The van der Waals surface area contributed by atoms with E-state index in [0.29, 0.717) is 11.4 Å². The van der Waals surface area contributed by atoms with Crippen molar-refractivity contribution in [3.05, 3.63) is 23.8 Å². The summed E-state index contributed by atoms with van der Waals surface area (Å²) in [5.74, 6) is 1.81. The highest BCUT2D eigenvalue weighted by Crippen LogP contribution is 2.11. The summed E-state index contributed by atoms with van der Waals surface area (Å²) >= 11 is 0. The van der Waals surface area contributed by atoms with E-state index in [0.717, 1.165) is 0 Å². The van der Waals surface area contributed by atoms with Crippen molar-refractivity contribution in [1.29, 1.82) is 0 Å². The number of hydrogen-bond acceptors (Lipinski definition) is 22. The molecule has 27 nitrogen and oxygen atoms in total. The van der Waals surface area contributed by atoms with Crippen LogP contribution in [-0.4, -0.2) is 168 Å². The van der Waals surface area contributed by atoms with Gasteiger partial charge in [-0.25, -0.2) is 32.5 Å². The Morgan fingerprint density at radius 2 is 0.934 bits per heavy atom. The van der Waals surface area contributed by atoms with Crippen LogP contribution in [-0.2, 0) is 73.6 Å². The van der Waals surface area contributed by atoms with E-state index >= 15 is 0 Å².